The topological polar surface area (TPSA) is 37.3 Å². The zero-order valence-corrected chi connectivity index (χ0v) is 6.02. The van der Waals surface area contributed by atoms with Gasteiger partial charge in [-0.15, -0.1) is 11.3 Å². The van der Waals surface area contributed by atoms with Crippen LogP contribution in [0.25, 0.3) is 0 Å². The third-order valence-corrected chi connectivity index (χ3v) is 1.88. The molecule has 0 saturated heterocycles. The summed E-state index contributed by atoms with van der Waals surface area (Å²) in [7, 11) is 0. The SMILES string of the molecule is C=C(O)C(=O)c1cccs1. The number of hydrogen-bond acceptors (Lipinski definition) is 3. The van der Waals surface area contributed by atoms with Crippen molar-refractivity contribution in [2.45, 2.75) is 0 Å². The van der Waals surface area contributed by atoms with Crippen LogP contribution in [0.4, 0.5) is 0 Å². The maximum atomic E-state index is 10.9. The van der Waals surface area contributed by atoms with Crippen LogP contribution < -0.4 is 0 Å². The minimum absolute atomic E-state index is 0.394. The van der Waals surface area contributed by atoms with E-state index in [0.717, 1.165) is 0 Å². The van der Waals surface area contributed by atoms with E-state index in [0.29, 0.717) is 4.88 Å². The summed E-state index contributed by atoms with van der Waals surface area (Å²) in [6.07, 6.45) is 0. The van der Waals surface area contributed by atoms with Gasteiger partial charge in [-0.2, -0.15) is 0 Å². The summed E-state index contributed by atoms with van der Waals surface area (Å²) >= 11 is 1.29. The Balaban J connectivity index is 2.88. The molecule has 0 atom stereocenters. The first-order chi connectivity index (χ1) is 4.72. The van der Waals surface area contributed by atoms with Crippen molar-refractivity contribution in [3.8, 4) is 0 Å². The molecule has 0 bridgehead atoms. The normalized spacial score (nSPS) is 9.20. The Hall–Kier alpha value is -1.09. The molecule has 0 aliphatic rings. The molecule has 3 heteroatoms. The molecular weight excluding hydrogens is 148 g/mol. The highest BCUT2D eigenvalue weighted by Crippen LogP contribution is 2.11. The molecule has 0 spiro atoms. The summed E-state index contributed by atoms with van der Waals surface area (Å²) in [5.41, 5.74) is 0. The van der Waals surface area contributed by atoms with Crippen LogP contribution in [0.1, 0.15) is 9.67 Å². The molecule has 0 aliphatic carbocycles. The fourth-order valence-corrected chi connectivity index (χ4v) is 1.24. The number of aliphatic hydroxyl groups excluding tert-OH is 1. The summed E-state index contributed by atoms with van der Waals surface area (Å²) in [5.74, 6) is -0.794. The molecule has 0 unspecified atom stereocenters. The molecule has 0 aromatic carbocycles. The van der Waals surface area contributed by atoms with E-state index >= 15 is 0 Å². The number of Topliss-reactive ketones (excluding diaryl/α,β-unsaturated/α-hetero) is 1. The van der Waals surface area contributed by atoms with Gasteiger partial charge in [0.2, 0.25) is 5.78 Å². The lowest BCUT2D eigenvalue weighted by atomic mass is 10.3. The summed E-state index contributed by atoms with van der Waals surface area (Å²) < 4.78 is 0. The summed E-state index contributed by atoms with van der Waals surface area (Å²) in [6, 6.07) is 3.40. The van der Waals surface area contributed by atoms with Crippen molar-refractivity contribution < 1.29 is 9.90 Å². The Morgan fingerprint density at radius 2 is 2.40 bits per heavy atom. The maximum absolute atomic E-state index is 10.9. The third-order valence-electron chi connectivity index (χ3n) is 1.01. The zero-order chi connectivity index (χ0) is 7.56. The molecule has 1 aromatic rings. The first-order valence-electron chi connectivity index (χ1n) is 2.68. The molecule has 1 rings (SSSR count). The predicted molar refractivity (Wildman–Crippen MR) is 40.4 cm³/mol. The molecule has 0 amide bonds. The molecule has 0 fully saturated rings. The minimum Gasteiger partial charge on any atom is -0.505 e. The third kappa shape index (κ3) is 1.25. The van der Waals surface area contributed by atoms with E-state index in [-0.39, 0.29) is 0 Å². The van der Waals surface area contributed by atoms with Gasteiger partial charge in [0.15, 0.2) is 5.76 Å². The van der Waals surface area contributed by atoms with Crippen molar-refractivity contribution in [2.24, 2.45) is 0 Å². The van der Waals surface area contributed by atoms with Crippen LogP contribution in [0, 0.1) is 0 Å². The van der Waals surface area contributed by atoms with Crippen LogP contribution in [0.2, 0.25) is 0 Å². The lowest BCUT2D eigenvalue weighted by Crippen LogP contribution is -1.97. The second kappa shape index (κ2) is 2.66. The van der Waals surface area contributed by atoms with E-state index in [1.165, 1.54) is 11.3 Å². The molecule has 52 valence electrons. The van der Waals surface area contributed by atoms with Crippen molar-refractivity contribution in [3.63, 3.8) is 0 Å². The predicted octanol–water partition coefficient (Wildman–Crippen LogP) is 2.00. The average Bonchev–Trinajstić information content (AvgIpc) is 2.36. The molecular formula is C7H6O2S. The number of carbonyl (C=O) groups excluding carboxylic acids is 1. The molecule has 0 radical (unpaired) electrons. The summed E-state index contributed by atoms with van der Waals surface area (Å²) in [5, 5.41) is 10.4. The van der Waals surface area contributed by atoms with E-state index in [9.17, 15) is 4.79 Å². The maximum Gasteiger partial charge on any atom is 0.236 e. The van der Waals surface area contributed by atoms with E-state index in [1.54, 1.807) is 17.5 Å². The van der Waals surface area contributed by atoms with Crippen LogP contribution in [-0.2, 0) is 0 Å². The Bertz CT molecular complexity index is 249. The van der Waals surface area contributed by atoms with Crippen molar-refractivity contribution in [1.29, 1.82) is 0 Å². The van der Waals surface area contributed by atoms with Crippen LogP contribution in [-0.4, -0.2) is 10.9 Å². The quantitative estimate of drug-likeness (QED) is 0.402. The molecule has 2 nitrogen and oxygen atoms in total. The lowest BCUT2D eigenvalue weighted by Gasteiger charge is -1.90. The second-order valence-corrected chi connectivity index (χ2v) is 2.70. The first kappa shape index (κ1) is 7.02. The number of thiophene rings is 1. The number of allylic oxidation sites excluding steroid dienone is 1. The van der Waals surface area contributed by atoms with Gasteiger partial charge in [-0.25, -0.2) is 0 Å². The van der Waals surface area contributed by atoms with Crippen molar-refractivity contribution >= 4 is 17.1 Å². The van der Waals surface area contributed by atoms with Crippen molar-refractivity contribution in [3.05, 3.63) is 34.7 Å². The van der Waals surface area contributed by atoms with Gasteiger partial charge in [0.25, 0.3) is 0 Å². The van der Waals surface area contributed by atoms with E-state index < -0.39 is 11.5 Å². The average molecular weight is 154 g/mol. The second-order valence-electron chi connectivity index (χ2n) is 1.75. The van der Waals surface area contributed by atoms with Gasteiger partial charge in [0.1, 0.15) is 0 Å². The highest BCUT2D eigenvalue weighted by Gasteiger charge is 2.08. The van der Waals surface area contributed by atoms with Gasteiger partial charge in [0.05, 0.1) is 4.88 Å². The number of ketones is 1. The Morgan fingerprint density at radius 3 is 2.80 bits per heavy atom. The number of hydrogen-bond donors (Lipinski definition) is 1. The van der Waals surface area contributed by atoms with Gasteiger partial charge < -0.3 is 5.11 Å². The highest BCUT2D eigenvalue weighted by molar-refractivity contribution is 7.12. The van der Waals surface area contributed by atoms with E-state index in [2.05, 4.69) is 6.58 Å². The minimum atomic E-state index is -0.401. The Morgan fingerprint density at radius 1 is 1.70 bits per heavy atom. The standard InChI is InChI=1S/C7H6O2S/c1-5(8)7(9)6-3-2-4-10-6/h2-4,8H,1H2. The van der Waals surface area contributed by atoms with Crippen molar-refractivity contribution in [2.75, 3.05) is 0 Å². The van der Waals surface area contributed by atoms with Crippen LogP contribution in [0.3, 0.4) is 0 Å². The van der Waals surface area contributed by atoms with Crippen LogP contribution in [0.15, 0.2) is 29.9 Å². The lowest BCUT2D eigenvalue weighted by molar-refractivity contribution is 0.0983. The molecule has 1 heterocycles. The van der Waals surface area contributed by atoms with Crippen LogP contribution >= 0.6 is 11.3 Å². The first-order valence-corrected chi connectivity index (χ1v) is 3.56. The molecule has 10 heavy (non-hydrogen) atoms. The smallest absolute Gasteiger partial charge is 0.236 e. The largest absolute Gasteiger partial charge is 0.505 e. The van der Waals surface area contributed by atoms with Gasteiger partial charge in [0, 0.05) is 0 Å². The van der Waals surface area contributed by atoms with Gasteiger partial charge >= 0.3 is 0 Å². The highest BCUT2D eigenvalue weighted by atomic mass is 32.1. The number of rotatable bonds is 2. The van der Waals surface area contributed by atoms with E-state index in [4.69, 9.17) is 5.11 Å². The molecule has 0 saturated carbocycles. The van der Waals surface area contributed by atoms with Gasteiger partial charge in [-0.1, -0.05) is 12.6 Å². The molecule has 1 aromatic heterocycles. The van der Waals surface area contributed by atoms with Crippen molar-refractivity contribution in [1.82, 2.24) is 0 Å². The summed E-state index contributed by atoms with van der Waals surface area (Å²) in [4.78, 5) is 11.4. The number of aliphatic hydroxyl groups is 1. The fourth-order valence-electron chi connectivity index (χ4n) is 0.550. The fraction of sp³-hybridized carbons (Fsp3) is 0. The molecule has 1 N–H and O–H groups in total. The van der Waals surface area contributed by atoms with Gasteiger partial charge in [-0.05, 0) is 11.4 Å². The van der Waals surface area contributed by atoms with Crippen LogP contribution in [0.5, 0.6) is 0 Å². The Labute approximate surface area is 62.4 Å². The zero-order valence-electron chi connectivity index (χ0n) is 5.20. The number of carbonyl (C=O) groups is 1. The monoisotopic (exact) mass is 154 g/mol. The Kier molecular flexibility index (Phi) is 1.87. The van der Waals surface area contributed by atoms with E-state index in [1.807, 2.05) is 0 Å². The van der Waals surface area contributed by atoms with Gasteiger partial charge in [-0.3, -0.25) is 4.79 Å². The summed E-state index contributed by atoms with van der Waals surface area (Å²) in [6.45, 7) is 3.12. The molecule has 0 aliphatic heterocycles.